The van der Waals surface area contributed by atoms with Crippen LogP contribution in [-0.4, -0.2) is 17.9 Å². The van der Waals surface area contributed by atoms with E-state index in [1.807, 2.05) is 18.2 Å². The smallest absolute Gasteiger partial charge is 0.223 e. The summed E-state index contributed by atoms with van der Waals surface area (Å²) in [6.45, 7) is 1.53. The first kappa shape index (κ1) is 18.2. The lowest BCUT2D eigenvalue weighted by Gasteiger charge is -2.27. The van der Waals surface area contributed by atoms with Gasteiger partial charge in [0.2, 0.25) is 11.8 Å². The molecule has 2 fully saturated rings. The monoisotopic (exact) mass is 362 g/mol. The summed E-state index contributed by atoms with van der Waals surface area (Å²) < 4.78 is 0. The highest BCUT2D eigenvalue weighted by Gasteiger charge is 2.34. The number of amides is 2. The summed E-state index contributed by atoms with van der Waals surface area (Å²) in [6.07, 6.45) is 7.20. The number of rotatable bonds is 5. The fourth-order valence-electron chi connectivity index (χ4n) is 4.37. The van der Waals surface area contributed by atoms with E-state index >= 15 is 0 Å². The van der Waals surface area contributed by atoms with Crippen LogP contribution in [0.2, 0.25) is 5.02 Å². The first-order valence-electron chi connectivity index (χ1n) is 9.36. The largest absolute Gasteiger partial charge is 0.354 e. The van der Waals surface area contributed by atoms with Crippen LogP contribution in [0.25, 0.3) is 0 Å². The molecule has 0 spiro atoms. The lowest BCUT2D eigenvalue weighted by atomic mass is 9.91. The number of benzene rings is 1. The van der Waals surface area contributed by atoms with Crippen molar-refractivity contribution >= 4 is 23.4 Å². The minimum Gasteiger partial charge on any atom is -0.354 e. The summed E-state index contributed by atoms with van der Waals surface area (Å²) in [7, 11) is 0. The van der Waals surface area contributed by atoms with Crippen LogP contribution in [0.4, 0.5) is 0 Å². The number of carbonyl (C=O) groups excluding carboxylic acids is 2. The van der Waals surface area contributed by atoms with E-state index < -0.39 is 0 Å². The molecule has 2 aliphatic rings. The fraction of sp³-hybridized carbons (Fsp3) is 0.600. The quantitative estimate of drug-likeness (QED) is 0.831. The molecule has 0 heterocycles. The minimum absolute atomic E-state index is 0.0139. The highest BCUT2D eigenvalue weighted by molar-refractivity contribution is 6.30. The minimum atomic E-state index is -0.0196. The van der Waals surface area contributed by atoms with Gasteiger partial charge in [-0.2, -0.15) is 0 Å². The average Bonchev–Trinajstić information content (AvgIpc) is 3.23. The second-order valence-electron chi connectivity index (χ2n) is 7.49. The predicted octanol–water partition coefficient (Wildman–Crippen LogP) is 3.99. The van der Waals surface area contributed by atoms with E-state index in [0.29, 0.717) is 10.9 Å². The van der Waals surface area contributed by atoms with E-state index in [2.05, 4.69) is 16.7 Å². The maximum absolute atomic E-state index is 12.8. The predicted molar refractivity (Wildman–Crippen MR) is 99.2 cm³/mol. The molecule has 25 heavy (non-hydrogen) atoms. The van der Waals surface area contributed by atoms with Crippen molar-refractivity contribution in [2.24, 2.45) is 11.8 Å². The van der Waals surface area contributed by atoms with Gasteiger partial charge in [-0.25, -0.2) is 0 Å². The SMILES string of the molecule is CC(=O)NC1CC[C@H](C(=O)N[C@H](c2cccc(Cl)c2)C2CCCC2)C1. The zero-order valence-corrected chi connectivity index (χ0v) is 15.5. The van der Waals surface area contributed by atoms with Crippen LogP contribution in [0.5, 0.6) is 0 Å². The molecule has 5 heteroatoms. The Morgan fingerprint density at radius 1 is 1.16 bits per heavy atom. The van der Waals surface area contributed by atoms with Gasteiger partial charge in [0.15, 0.2) is 0 Å². The van der Waals surface area contributed by atoms with Gasteiger partial charge in [-0.05, 0) is 55.7 Å². The molecule has 3 atom stereocenters. The molecule has 2 aliphatic carbocycles. The summed E-state index contributed by atoms with van der Waals surface area (Å²) in [5, 5.41) is 6.96. The van der Waals surface area contributed by atoms with Crippen molar-refractivity contribution in [2.75, 3.05) is 0 Å². The number of carbonyl (C=O) groups is 2. The second kappa shape index (κ2) is 8.22. The van der Waals surface area contributed by atoms with Crippen molar-refractivity contribution in [3.05, 3.63) is 34.9 Å². The van der Waals surface area contributed by atoms with Crippen molar-refractivity contribution < 1.29 is 9.59 Å². The molecule has 1 unspecified atom stereocenters. The van der Waals surface area contributed by atoms with Gasteiger partial charge in [-0.15, -0.1) is 0 Å². The van der Waals surface area contributed by atoms with Crippen molar-refractivity contribution in [1.82, 2.24) is 10.6 Å². The van der Waals surface area contributed by atoms with E-state index in [4.69, 9.17) is 11.6 Å². The summed E-state index contributed by atoms with van der Waals surface area (Å²) in [4.78, 5) is 24.1. The first-order valence-corrected chi connectivity index (χ1v) is 9.73. The fourth-order valence-corrected chi connectivity index (χ4v) is 4.57. The van der Waals surface area contributed by atoms with Crippen LogP contribution in [0.15, 0.2) is 24.3 Å². The third-order valence-electron chi connectivity index (χ3n) is 5.59. The maximum atomic E-state index is 12.8. The Labute approximate surface area is 154 Å². The highest BCUT2D eigenvalue weighted by atomic mass is 35.5. The van der Waals surface area contributed by atoms with Crippen molar-refractivity contribution in [3.63, 3.8) is 0 Å². The molecule has 1 aromatic carbocycles. The Morgan fingerprint density at radius 2 is 1.92 bits per heavy atom. The van der Waals surface area contributed by atoms with Crippen LogP contribution in [0.3, 0.4) is 0 Å². The zero-order valence-electron chi connectivity index (χ0n) is 14.8. The number of halogens is 1. The topological polar surface area (TPSA) is 58.2 Å². The molecule has 2 amide bonds. The summed E-state index contributed by atoms with van der Waals surface area (Å²) in [6, 6.07) is 8.02. The van der Waals surface area contributed by atoms with E-state index in [-0.39, 0.29) is 29.8 Å². The number of hydrogen-bond donors (Lipinski definition) is 2. The molecule has 0 bridgehead atoms. The second-order valence-corrected chi connectivity index (χ2v) is 7.93. The average molecular weight is 363 g/mol. The molecular weight excluding hydrogens is 336 g/mol. The Morgan fingerprint density at radius 3 is 2.60 bits per heavy atom. The lowest BCUT2D eigenvalue weighted by molar-refractivity contribution is -0.126. The molecule has 2 saturated carbocycles. The van der Waals surface area contributed by atoms with Gasteiger partial charge in [0.25, 0.3) is 0 Å². The van der Waals surface area contributed by atoms with Gasteiger partial charge in [0.05, 0.1) is 6.04 Å². The summed E-state index contributed by atoms with van der Waals surface area (Å²) in [5.74, 6) is 0.563. The molecule has 0 radical (unpaired) electrons. The van der Waals surface area contributed by atoms with Gasteiger partial charge < -0.3 is 10.6 Å². The van der Waals surface area contributed by atoms with Gasteiger partial charge in [-0.1, -0.05) is 36.6 Å². The van der Waals surface area contributed by atoms with Crippen molar-refractivity contribution in [2.45, 2.75) is 64.0 Å². The van der Waals surface area contributed by atoms with E-state index in [9.17, 15) is 9.59 Å². The molecule has 4 nitrogen and oxygen atoms in total. The third-order valence-corrected chi connectivity index (χ3v) is 5.82. The molecule has 1 aromatic rings. The van der Waals surface area contributed by atoms with Crippen LogP contribution < -0.4 is 10.6 Å². The maximum Gasteiger partial charge on any atom is 0.223 e. The van der Waals surface area contributed by atoms with Crippen LogP contribution >= 0.6 is 11.6 Å². The zero-order chi connectivity index (χ0) is 17.8. The Hall–Kier alpha value is -1.55. The standard InChI is InChI=1S/C20H27ClN2O2/c1-13(24)22-18-10-9-16(12-18)20(25)23-19(14-5-2-3-6-14)15-7-4-8-17(21)11-15/h4,7-8,11,14,16,18-19H,2-3,5-6,9-10,12H2,1H3,(H,22,24)(H,23,25)/t16-,18?,19-/m0/s1. The van der Waals surface area contributed by atoms with Gasteiger partial charge in [0.1, 0.15) is 0 Å². The van der Waals surface area contributed by atoms with Crippen molar-refractivity contribution in [1.29, 1.82) is 0 Å². The van der Waals surface area contributed by atoms with Gasteiger partial charge in [0, 0.05) is 23.9 Å². The van der Waals surface area contributed by atoms with E-state index in [0.717, 1.165) is 37.7 Å². The molecule has 0 aromatic heterocycles. The van der Waals surface area contributed by atoms with Crippen LogP contribution in [0, 0.1) is 11.8 Å². The Balaban J connectivity index is 1.68. The summed E-state index contributed by atoms with van der Waals surface area (Å²) in [5.41, 5.74) is 1.10. The molecule has 0 saturated heterocycles. The molecule has 0 aliphatic heterocycles. The highest BCUT2D eigenvalue weighted by Crippen LogP contribution is 2.37. The van der Waals surface area contributed by atoms with Crippen molar-refractivity contribution in [3.8, 4) is 0 Å². The van der Waals surface area contributed by atoms with Gasteiger partial charge >= 0.3 is 0 Å². The molecule has 3 rings (SSSR count). The van der Waals surface area contributed by atoms with E-state index in [1.165, 1.54) is 19.8 Å². The Bertz CT molecular complexity index is 628. The molecular formula is C20H27ClN2O2. The lowest BCUT2D eigenvalue weighted by Crippen LogP contribution is -2.37. The summed E-state index contributed by atoms with van der Waals surface area (Å²) >= 11 is 6.17. The molecule has 136 valence electrons. The number of nitrogens with one attached hydrogen (secondary N) is 2. The molecule has 2 N–H and O–H groups in total. The Kier molecular flexibility index (Phi) is 6.00. The van der Waals surface area contributed by atoms with Gasteiger partial charge in [-0.3, -0.25) is 9.59 Å². The normalized spacial score (nSPS) is 24.9. The van der Waals surface area contributed by atoms with Crippen LogP contribution in [-0.2, 0) is 9.59 Å². The first-order chi connectivity index (χ1) is 12.0. The van der Waals surface area contributed by atoms with Crippen LogP contribution in [0.1, 0.15) is 63.5 Å². The van der Waals surface area contributed by atoms with E-state index in [1.54, 1.807) is 0 Å². The number of hydrogen-bond acceptors (Lipinski definition) is 2. The third kappa shape index (κ3) is 4.75.